The SMILES string of the molecule is CC1C(Cl)=CCC2OC21. The van der Waals surface area contributed by atoms with E-state index in [0.29, 0.717) is 18.1 Å². The summed E-state index contributed by atoms with van der Waals surface area (Å²) in [6.45, 7) is 2.11. The number of hydrogen-bond acceptors (Lipinski definition) is 1. The molecule has 2 rings (SSSR count). The first-order chi connectivity index (χ1) is 4.29. The number of epoxide rings is 1. The summed E-state index contributed by atoms with van der Waals surface area (Å²) in [4.78, 5) is 0. The summed E-state index contributed by atoms with van der Waals surface area (Å²) in [6.07, 6.45) is 4.04. The number of rotatable bonds is 0. The standard InChI is InChI=1S/C7H9ClO/c1-4-5(8)2-3-6-7(4)9-6/h2,4,6-7H,3H2,1H3. The highest BCUT2D eigenvalue weighted by molar-refractivity contribution is 6.30. The van der Waals surface area contributed by atoms with Crippen LogP contribution in [0.1, 0.15) is 13.3 Å². The molecular weight excluding hydrogens is 136 g/mol. The van der Waals surface area contributed by atoms with E-state index in [1.807, 2.05) is 0 Å². The molecule has 1 heterocycles. The molecule has 1 aliphatic carbocycles. The van der Waals surface area contributed by atoms with Gasteiger partial charge >= 0.3 is 0 Å². The van der Waals surface area contributed by atoms with Crippen molar-refractivity contribution < 1.29 is 4.74 Å². The fraction of sp³-hybridized carbons (Fsp3) is 0.714. The largest absolute Gasteiger partial charge is 0.369 e. The van der Waals surface area contributed by atoms with Gasteiger partial charge < -0.3 is 4.74 Å². The average Bonchev–Trinajstić information content (AvgIpc) is 2.58. The van der Waals surface area contributed by atoms with Crippen molar-refractivity contribution in [3.05, 3.63) is 11.1 Å². The van der Waals surface area contributed by atoms with Gasteiger partial charge in [0.1, 0.15) is 0 Å². The Kier molecular flexibility index (Phi) is 1.11. The molecule has 1 saturated heterocycles. The second kappa shape index (κ2) is 1.74. The minimum Gasteiger partial charge on any atom is -0.369 e. The van der Waals surface area contributed by atoms with Gasteiger partial charge in [0.25, 0.3) is 0 Å². The molecule has 1 nitrogen and oxygen atoms in total. The van der Waals surface area contributed by atoms with Gasteiger partial charge in [-0.1, -0.05) is 24.6 Å². The van der Waals surface area contributed by atoms with Crippen molar-refractivity contribution in [1.82, 2.24) is 0 Å². The third-order valence-corrected chi connectivity index (χ3v) is 2.59. The second-order valence-electron chi connectivity index (χ2n) is 2.75. The van der Waals surface area contributed by atoms with E-state index in [1.54, 1.807) is 0 Å². The van der Waals surface area contributed by atoms with Crippen molar-refractivity contribution in [2.75, 3.05) is 0 Å². The first-order valence-electron chi connectivity index (χ1n) is 3.30. The molecule has 0 aromatic heterocycles. The number of halogens is 1. The lowest BCUT2D eigenvalue weighted by Gasteiger charge is -2.09. The van der Waals surface area contributed by atoms with Crippen LogP contribution in [0.4, 0.5) is 0 Å². The molecule has 9 heavy (non-hydrogen) atoms. The molecule has 1 aliphatic heterocycles. The van der Waals surface area contributed by atoms with Crippen molar-refractivity contribution in [2.24, 2.45) is 5.92 Å². The predicted molar refractivity (Wildman–Crippen MR) is 36.4 cm³/mol. The van der Waals surface area contributed by atoms with E-state index in [2.05, 4.69) is 13.0 Å². The van der Waals surface area contributed by atoms with Crippen LogP contribution in [0.25, 0.3) is 0 Å². The highest BCUT2D eigenvalue weighted by atomic mass is 35.5. The normalized spacial score (nSPS) is 47.8. The zero-order valence-corrected chi connectivity index (χ0v) is 6.06. The van der Waals surface area contributed by atoms with Crippen LogP contribution < -0.4 is 0 Å². The average molecular weight is 145 g/mol. The molecule has 0 aromatic rings. The van der Waals surface area contributed by atoms with Gasteiger partial charge in [-0.25, -0.2) is 0 Å². The number of ether oxygens (including phenoxy) is 1. The molecule has 2 heteroatoms. The third kappa shape index (κ3) is 0.795. The monoisotopic (exact) mass is 144 g/mol. The molecule has 1 fully saturated rings. The highest BCUT2D eigenvalue weighted by Gasteiger charge is 2.45. The predicted octanol–water partition coefficient (Wildman–Crippen LogP) is 1.92. The van der Waals surface area contributed by atoms with Gasteiger partial charge in [0.05, 0.1) is 12.2 Å². The van der Waals surface area contributed by atoms with Crippen molar-refractivity contribution in [1.29, 1.82) is 0 Å². The quantitative estimate of drug-likeness (QED) is 0.474. The summed E-state index contributed by atoms with van der Waals surface area (Å²) in [5, 5.41) is 0.980. The lowest BCUT2D eigenvalue weighted by atomic mass is 9.98. The van der Waals surface area contributed by atoms with Gasteiger partial charge in [0, 0.05) is 11.0 Å². The van der Waals surface area contributed by atoms with Crippen molar-refractivity contribution in [2.45, 2.75) is 25.6 Å². The molecule has 2 aliphatic rings. The van der Waals surface area contributed by atoms with Gasteiger partial charge in [-0.2, -0.15) is 0 Å². The lowest BCUT2D eigenvalue weighted by Crippen LogP contribution is -2.10. The topological polar surface area (TPSA) is 12.5 Å². The van der Waals surface area contributed by atoms with Crippen LogP contribution >= 0.6 is 11.6 Å². The van der Waals surface area contributed by atoms with Crippen molar-refractivity contribution >= 4 is 11.6 Å². The molecule has 3 unspecified atom stereocenters. The molecule has 0 amide bonds. The molecule has 0 radical (unpaired) electrons. The molecule has 0 spiro atoms. The van der Waals surface area contributed by atoms with E-state index < -0.39 is 0 Å². The molecule has 0 saturated carbocycles. The van der Waals surface area contributed by atoms with Crippen LogP contribution in [0.5, 0.6) is 0 Å². The van der Waals surface area contributed by atoms with E-state index in [1.165, 1.54) is 0 Å². The van der Waals surface area contributed by atoms with E-state index in [-0.39, 0.29) is 0 Å². The maximum absolute atomic E-state index is 5.87. The van der Waals surface area contributed by atoms with Crippen molar-refractivity contribution in [3.63, 3.8) is 0 Å². The Morgan fingerprint density at radius 1 is 1.78 bits per heavy atom. The highest BCUT2D eigenvalue weighted by Crippen LogP contribution is 2.41. The van der Waals surface area contributed by atoms with Gasteiger partial charge in [-0.3, -0.25) is 0 Å². The molecule has 0 N–H and O–H groups in total. The van der Waals surface area contributed by atoms with Crippen LogP contribution in [-0.2, 0) is 4.74 Å². The van der Waals surface area contributed by atoms with Crippen LogP contribution in [0.3, 0.4) is 0 Å². The summed E-state index contributed by atoms with van der Waals surface area (Å²) in [6, 6.07) is 0. The first kappa shape index (κ1) is 5.75. The fourth-order valence-electron chi connectivity index (χ4n) is 1.36. The smallest absolute Gasteiger partial charge is 0.0919 e. The number of hydrogen-bond donors (Lipinski definition) is 0. The van der Waals surface area contributed by atoms with E-state index >= 15 is 0 Å². The molecular formula is C7H9ClO. The Hall–Kier alpha value is -0.0100. The Morgan fingerprint density at radius 3 is 3.22 bits per heavy atom. The summed E-state index contributed by atoms with van der Waals surface area (Å²) < 4.78 is 5.32. The number of fused-ring (bicyclic) bond motifs is 1. The van der Waals surface area contributed by atoms with Crippen LogP contribution in [0.15, 0.2) is 11.1 Å². The van der Waals surface area contributed by atoms with Gasteiger partial charge in [-0.05, 0) is 6.42 Å². The Labute approximate surface area is 59.6 Å². The fourth-order valence-corrected chi connectivity index (χ4v) is 1.57. The maximum Gasteiger partial charge on any atom is 0.0919 e. The zero-order chi connectivity index (χ0) is 6.43. The molecule has 0 bridgehead atoms. The van der Waals surface area contributed by atoms with E-state index in [9.17, 15) is 0 Å². The van der Waals surface area contributed by atoms with Gasteiger partial charge in [0.2, 0.25) is 0 Å². The minimum absolute atomic E-state index is 0.447. The molecule has 3 atom stereocenters. The molecule has 0 aromatic carbocycles. The molecule has 50 valence electrons. The first-order valence-corrected chi connectivity index (χ1v) is 3.68. The van der Waals surface area contributed by atoms with Crippen LogP contribution in [-0.4, -0.2) is 12.2 Å². The Balaban J connectivity index is 2.18. The Morgan fingerprint density at radius 2 is 2.56 bits per heavy atom. The van der Waals surface area contributed by atoms with Gasteiger partial charge in [-0.15, -0.1) is 0 Å². The van der Waals surface area contributed by atoms with Crippen molar-refractivity contribution in [3.8, 4) is 0 Å². The summed E-state index contributed by atoms with van der Waals surface area (Å²) in [7, 11) is 0. The van der Waals surface area contributed by atoms with Crippen LogP contribution in [0, 0.1) is 5.92 Å². The van der Waals surface area contributed by atoms with E-state index in [0.717, 1.165) is 11.5 Å². The maximum atomic E-state index is 5.87. The second-order valence-corrected chi connectivity index (χ2v) is 3.19. The lowest BCUT2D eigenvalue weighted by molar-refractivity contribution is 0.350. The summed E-state index contributed by atoms with van der Waals surface area (Å²) >= 11 is 5.87. The summed E-state index contributed by atoms with van der Waals surface area (Å²) in [5.74, 6) is 0.449. The minimum atomic E-state index is 0.447. The van der Waals surface area contributed by atoms with E-state index in [4.69, 9.17) is 16.3 Å². The summed E-state index contributed by atoms with van der Waals surface area (Å²) in [5.41, 5.74) is 0. The Bertz CT molecular complexity index is 164. The third-order valence-electron chi connectivity index (χ3n) is 2.09. The van der Waals surface area contributed by atoms with Crippen LogP contribution in [0.2, 0.25) is 0 Å². The zero-order valence-electron chi connectivity index (χ0n) is 5.30. The van der Waals surface area contributed by atoms with Gasteiger partial charge in [0.15, 0.2) is 0 Å².